The molecule has 9 heteroatoms. The third-order valence-electron chi connectivity index (χ3n) is 5.46. The molecule has 1 aliphatic carbocycles. The summed E-state index contributed by atoms with van der Waals surface area (Å²) in [7, 11) is -3.22. The lowest BCUT2D eigenvalue weighted by atomic mass is 10.2. The van der Waals surface area contributed by atoms with E-state index in [4.69, 9.17) is 0 Å². The maximum atomic E-state index is 12.3. The van der Waals surface area contributed by atoms with E-state index in [-0.39, 0.29) is 36.3 Å². The van der Waals surface area contributed by atoms with Crippen molar-refractivity contribution in [1.82, 2.24) is 19.8 Å². The zero-order valence-corrected chi connectivity index (χ0v) is 20.3. The highest BCUT2D eigenvalue weighted by atomic mass is 127. The Morgan fingerprint density at radius 1 is 1.15 bits per heavy atom. The molecule has 1 heterocycles. The number of aliphatic imine (C=N–C) groups is 1. The van der Waals surface area contributed by atoms with Gasteiger partial charge in [-0.3, -0.25) is 9.89 Å². The molecule has 1 unspecified atom stereocenters. The Balaban J connectivity index is 0.00000364. The maximum absolute atomic E-state index is 12.3. The Bertz CT molecular complexity index is 548. The third kappa shape index (κ3) is 7.66. The number of sulfonamides is 1. The van der Waals surface area contributed by atoms with Crippen molar-refractivity contribution < 1.29 is 8.42 Å². The standard InChI is InChI=1S/C18H37N5O2S.HI/c1-4-19-18(20-12-14-26(24,25)23(5-2)6-3)21-16-11-13-22(15-16)17-9-7-8-10-17;/h16-17H,4-15H2,1-3H3,(H2,19,20,21);1H. The van der Waals surface area contributed by atoms with Crippen LogP contribution in [0.5, 0.6) is 0 Å². The Hall–Kier alpha value is -0.130. The summed E-state index contributed by atoms with van der Waals surface area (Å²) in [6, 6.07) is 1.16. The van der Waals surface area contributed by atoms with Crippen LogP contribution in [0, 0.1) is 0 Å². The largest absolute Gasteiger partial charge is 0.357 e. The van der Waals surface area contributed by atoms with Gasteiger partial charge in [-0.15, -0.1) is 24.0 Å². The molecule has 1 saturated carbocycles. The lowest BCUT2D eigenvalue weighted by molar-refractivity contribution is 0.242. The maximum Gasteiger partial charge on any atom is 0.215 e. The molecule has 7 nitrogen and oxygen atoms in total. The van der Waals surface area contributed by atoms with Crippen molar-refractivity contribution >= 4 is 40.0 Å². The second-order valence-electron chi connectivity index (χ2n) is 7.22. The molecule has 2 fully saturated rings. The third-order valence-corrected chi connectivity index (χ3v) is 7.47. The highest BCUT2D eigenvalue weighted by molar-refractivity contribution is 14.0. The van der Waals surface area contributed by atoms with Gasteiger partial charge >= 0.3 is 0 Å². The quantitative estimate of drug-likeness (QED) is 0.279. The van der Waals surface area contributed by atoms with Gasteiger partial charge in [0.1, 0.15) is 0 Å². The van der Waals surface area contributed by atoms with Crippen LogP contribution in [0.15, 0.2) is 4.99 Å². The fourth-order valence-corrected chi connectivity index (χ4v) is 5.41. The highest BCUT2D eigenvalue weighted by Crippen LogP contribution is 2.26. The summed E-state index contributed by atoms with van der Waals surface area (Å²) < 4.78 is 26.1. The first-order valence-electron chi connectivity index (χ1n) is 10.3. The monoisotopic (exact) mass is 515 g/mol. The Kier molecular flexibility index (Phi) is 11.5. The van der Waals surface area contributed by atoms with Crippen molar-refractivity contribution in [3.05, 3.63) is 0 Å². The van der Waals surface area contributed by atoms with E-state index in [2.05, 4.69) is 20.5 Å². The van der Waals surface area contributed by atoms with Gasteiger partial charge in [0, 0.05) is 44.8 Å². The van der Waals surface area contributed by atoms with Crippen molar-refractivity contribution in [3.8, 4) is 0 Å². The first-order valence-corrected chi connectivity index (χ1v) is 11.9. The predicted octanol–water partition coefficient (Wildman–Crippen LogP) is 1.85. The van der Waals surface area contributed by atoms with Crippen LogP contribution in [0.3, 0.4) is 0 Å². The van der Waals surface area contributed by atoms with E-state index >= 15 is 0 Å². The van der Waals surface area contributed by atoms with E-state index in [0.717, 1.165) is 38.1 Å². The van der Waals surface area contributed by atoms with Gasteiger partial charge in [-0.1, -0.05) is 26.7 Å². The highest BCUT2D eigenvalue weighted by Gasteiger charge is 2.30. The van der Waals surface area contributed by atoms with Gasteiger partial charge in [0.05, 0.1) is 12.3 Å². The average Bonchev–Trinajstić information content (AvgIpc) is 3.26. The fraction of sp³-hybridized carbons (Fsp3) is 0.944. The molecule has 1 atom stereocenters. The minimum atomic E-state index is -3.22. The van der Waals surface area contributed by atoms with Gasteiger partial charge in [-0.25, -0.2) is 12.7 Å². The van der Waals surface area contributed by atoms with Crippen LogP contribution in [-0.4, -0.2) is 80.7 Å². The summed E-state index contributed by atoms with van der Waals surface area (Å²) in [5.74, 6) is 0.796. The molecule has 2 aliphatic rings. The van der Waals surface area contributed by atoms with E-state index in [0.29, 0.717) is 19.1 Å². The second kappa shape index (κ2) is 12.4. The topological polar surface area (TPSA) is 77.0 Å². The van der Waals surface area contributed by atoms with Crippen LogP contribution in [0.4, 0.5) is 0 Å². The molecule has 0 aromatic rings. The molecule has 1 saturated heterocycles. The van der Waals surface area contributed by atoms with E-state index in [1.54, 1.807) is 0 Å². The lowest BCUT2D eigenvalue weighted by Gasteiger charge is -2.24. The molecule has 0 bridgehead atoms. The summed E-state index contributed by atoms with van der Waals surface area (Å²) in [4.78, 5) is 7.12. The summed E-state index contributed by atoms with van der Waals surface area (Å²) >= 11 is 0. The molecular formula is C18H38IN5O2S. The van der Waals surface area contributed by atoms with Crippen LogP contribution < -0.4 is 10.6 Å². The summed E-state index contributed by atoms with van der Waals surface area (Å²) in [5.41, 5.74) is 0. The van der Waals surface area contributed by atoms with Gasteiger partial charge in [0.25, 0.3) is 0 Å². The molecule has 0 amide bonds. The molecule has 1 aliphatic heterocycles. The Labute approximate surface area is 182 Å². The van der Waals surface area contributed by atoms with E-state index in [9.17, 15) is 8.42 Å². The van der Waals surface area contributed by atoms with Crippen molar-refractivity contribution in [1.29, 1.82) is 0 Å². The van der Waals surface area contributed by atoms with Gasteiger partial charge < -0.3 is 10.6 Å². The molecule has 0 aromatic carbocycles. The molecule has 27 heavy (non-hydrogen) atoms. The van der Waals surface area contributed by atoms with Crippen molar-refractivity contribution in [2.75, 3.05) is 45.0 Å². The Morgan fingerprint density at radius 2 is 1.81 bits per heavy atom. The van der Waals surface area contributed by atoms with Crippen LogP contribution in [0.2, 0.25) is 0 Å². The van der Waals surface area contributed by atoms with Crippen LogP contribution >= 0.6 is 24.0 Å². The van der Waals surface area contributed by atoms with Crippen LogP contribution in [0.1, 0.15) is 52.9 Å². The lowest BCUT2D eigenvalue weighted by Crippen LogP contribution is -2.45. The smallest absolute Gasteiger partial charge is 0.215 e. The van der Waals surface area contributed by atoms with Crippen LogP contribution in [-0.2, 0) is 10.0 Å². The van der Waals surface area contributed by atoms with Gasteiger partial charge in [-0.2, -0.15) is 0 Å². The summed E-state index contributed by atoms with van der Waals surface area (Å²) in [6.07, 6.45) is 6.53. The van der Waals surface area contributed by atoms with Gasteiger partial charge in [-0.05, 0) is 26.2 Å². The average molecular weight is 516 g/mol. The molecule has 2 N–H and O–H groups in total. The molecule has 0 spiro atoms. The van der Waals surface area contributed by atoms with Crippen molar-refractivity contribution in [2.45, 2.75) is 65.0 Å². The van der Waals surface area contributed by atoms with E-state index in [1.807, 2.05) is 20.8 Å². The first kappa shape index (κ1) is 24.9. The number of nitrogens with zero attached hydrogens (tertiary/aromatic N) is 3. The SMILES string of the molecule is CCNC(=NCCS(=O)(=O)N(CC)CC)NC1CCN(C2CCCC2)C1.I. The zero-order valence-electron chi connectivity index (χ0n) is 17.1. The first-order chi connectivity index (χ1) is 12.5. The summed E-state index contributed by atoms with van der Waals surface area (Å²) in [6.45, 7) is 10.1. The number of guanidine groups is 1. The normalized spacial score (nSPS) is 22.2. The van der Waals surface area contributed by atoms with Crippen molar-refractivity contribution in [2.24, 2.45) is 4.99 Å². The van der Waals surface area contributed by atoms with E-state index < -0.39 is 10.0 Å². The number of rotatable bonds is 9. The minimum Gasteiger partial charge on any atom is -0.357 e. The number of hydrogen-bond donors (Lipinski definition) is 2. The van der Waals surface area contributed by atoms with Crippen molar-refractivity contribution in [3.63, 3.8) is 0 Å². The molecule has 160 valence electrons. The van der Waals surface area contributed by atoms with Gasteiger partial charge in [0.15, 0.2) is 5.96 Å². The molecule has 0 aromatic heterocycles. The fourth-order valence-electron chi connectivity index (χ4n) is 4.04. The number of likely N-dealkylation sites (tertiary alicyclic amines) is 1. The molecule has 0 radical (unpaired) electrons. The number of hydrogen-bond acceptors (Lipinski definition) is 4. The van der Waals surface area contributed by atoms with Crippen LogP contribution in [0.25, 0.3) is 0 Å². The molecular weight excluding hydrogens is 477 g/mol. The van der Waals surface area contributed by atoms with Gasteiger partial charge in [0.2, 0.25) is 10.0 Å². The zero-order chi connectivity index (χ0) is 19.0. The number of nitrogens with one attached hydrogen (secondary N) is 2. The number of halogens is 1. The van der Waals surface area contributed by atoms with E-state index in [1.165, 1.54) is 30.0 Å². The summed E-state index contributed by atoms with van der Waals surface area (Å²) in [5, 5.41) is 6.75. The second-order valence-corrected chi connectivity index (χ2v) is 9.31. The molecule has 2 rings (SSSR count). The Morgan fingerprint density at radius 3 is 2.41 bits per heavy atom. The minimum absolute atomic E-state index is 0. The predicted molar refractivity (Wildman–Crippen MR) is 123 cm³/mol.